The minimum absolute atomic E-state index is 0.0719. The third-order valence-corrected chi connectivity index (χ3v) is 4.90. The molecule has 2 aromatic carbocycles. The number of rotatable bonds is 7. The highest BCUT2D eigenvalue weighted by molar-refractivity contribution is 8.04. The molecule has 0 aromatic heterocycles. The van der Waals surface area contributed by atoms with Crippen molar-refractivity contribution in [2.75, 3.05) is 23.9 Å². The second-order valence-corrected chi connectivity index (χ2v) is 6.62. The Labute approximate surface area is 156 Å². The van der Waals surface area contributed by atoms with Crippen molar-refractivity contribution >= 4 is 34.8 Å². The standard InChI is InChI=1S/C20H19NO4S/c1-2-25-16-10-8-14(9-11-16)17-18(26-13-12-22)20(24)21(19(17)23)15-6-4-3-5-7-15/h3-11,22H,2,12-13H2,1H3. The molecular formula is C20H19NO4S. The molecule has 1 aliphatic heterocycles. The first-order valence-corrected chi connectivity index (χ1v) is 9.31. The number of anilines is 1. The summed E-state index contributed by atoms with van der Waals surface area (Å²) in [4.78, 5) is 27.5. The first-order chi connectivity index (χ1) is 12.7. The summed E-state index contributed by atoms with van der Waals surface area (Å²) in [6.07, 6.45) is 0. The number of aliphatic hydroxyl groups excluding tert-OH is 1. The summed E-state index contributed by atoms with van der Waals surface area (Å²) >= 11 is 1.20. The van der Waals surface area contributed by atoms with Gasteiger partial charge in [-0.1, -0.05) is 30.3 Å². The van der Waals surface area contributed by atoms with Crippen LogP contribution in [0.4, 0.5) is 5.69 Å². The monoisotopic (exact) mass is 369 g/mol. The molecule has 2 amide bonds. The summed E-state index contributed by atoms with van der Waals surface area (Å²) < 4.78 is 5.44. The van der Waals surface area contributed by atoms with Crippen molar-refractivity contribution in [3.8, 4) is 5.75 Å². The summed E-state index contributed by atoms with van der Waals surface area (Å²) in [7, 11) is 0. The van der Waals surface area contributed by atoms with Crippen LogP contribution in [-0.2, 0) is 9.59 Å². The molecule has 0 fully saturated rings. The lowest BCUT2D eigenvalue weighted by molar-refractivity contribution is -0.119. The van der Waals surface area contributed by atoms with Crippen LogP contribution in [0.3, 0.4) is 0 Å². The fraction of sp³-hybridized carbons (Fsp3) is 0.200. The Bertz CT molecular complexity index is 831. The van der Waals surface area contributed by atoms with E-state index < -0.39 is 0 Å². The number of ether oxygens (including phenoxy) is 1. The smallest absolute Gasteiger partial charge is 0.272 e. The van der Waals surface area contributed by atoms with E-state index in [4.69, 9.17) is 9.84 Å². The van der Waals surface area contributed by atoms with Gasteiger partial charge in [0.25, 0.3) is 11.8 Å². The minimum Gasteiger partial charge on any atom is -0.494 e. The molecule has 0 atom stereocenters. The van der Waals surface area contributed by atoms with Gasteiger partial charge in [0.15, 0.2) is 0 Å². The molecule has 0 saturated heterocycles. The van der Waals surface area contributed by atoms with Crippen LogP contribution in [0.15, 0.2) is 59.5 Å². The van der Waals surface area contributed by atoms with Crippen molar-refractivity contribution in [3.05, 3.63) is 65.1 Å². The molecule has 0 saturated carbocycles. The van der Waals surface area contributed by atoms with E-state index in [0.29, 0.717) is 39.8 Å². The van der Waals surface area contributed by atoms with E-state index in [0.717, 1.165) is 0 Å². The number of aliphatic hydroxyl groups is 1. The van der Waals surface area contributed by atoms with Gasteiger partial charge in [0.05, 0.1) is 29.4 Å². The van der Waals surface area contributed by atoms with Crippen LogP contribution in [0, 0.1) is 0 Å². The van der Waals surface area contributed by atoms with E-state index in [1.807, 2.05) is 13.0 Å². The molecule has 1 N–H and O–H groups in total. The lowest BCUT2D eigenvalue weighted by atomic mass is 10.1. The highest BCUT2D eigenvalue weighted by atomic mass is 32.2. The molecule has 0 unspecified atom stereocenters. The van der Waals surface area contributed by atoms with Gasteiger partial charge < -0.3 is 9.84 Å². The van der Waals surface area contributed by atoms with Crippen molar-refractivity contribution in [3.63, 3.8) is 0 Å². The van der Waals surface area contributed by atoms with E-state index in [1.165, 1.54) is 16.7 Å². The molecule has 0 aliphatic carbocycles. The molecule has 6 heteroatoms. The molecule has 0 radical (unpaired) electrons. The van der Waals surface area contributed by atoms with Crippen LogP contribution >= 0.6 is 11.8 Å². The Balaban J connectivity index is 2.01. The third-order valence-electron chi connectivity index (χ3n) is 3.85. The fourth-order valence-corrected chi connectivity index (χ4v) is 3.60. The van der Waals surface area contributed by atoms with Crippen molar-refractivity contribution in [2.24, 2.45) is 0 Å². The summed E-state index contributed by atoms with van der Waals surface area (Å²) in [6, 6.07) is 16.0. The maximum absolute atomic E-state index is 13.0. The zero-order chi connectivity index (χ0) is 18.5. The highest BCUT2D eigenvalue weighted by Gasteiger charge is 2.39. The summed E-state index contributed by atoms with van der Waals surface area (Å²) in [5, 5.41) is 9.14. The number of hydrogen-bond donors (Lipinski definition) is 1. The SMILES string of the molecule is CCOc1ccc(C2=C(SCCO)C(=O)N(c3ccccc3)C2=O)cc1. The quantitative estimate of drug-likeness (QED) is 0.760. The van der Waals surface area contributed by atoms with Crippen molar-refractivity contribution in [1.29, 1.82) is 0 Å². The fourth-order valence-electron chi connectivity index (χ4n) is 2.74. The second kappa shape index (κ2) is 8.21. The normalized spacial score (nSPS) is 14.3. The largest absolute Gasteiger partial charge is 0.494 e. The molecule has 5 nitrogen and oxygen atoms in total. The summed E-state index contributed by atoms with van der Waals surface area (Å²) in [6.45, 7) is 2.38. The van der Waals surface area contributed by atoms with E-state index in [9.17, 15) is 9.59 Å². The number of para-hydroxylation sites is 1. The number of carbonyl (C=O) groups is 2. The number of thioether (sulfide) groups is 1. The number of nitrogens with zero attached hydrogens (tertiary/aromatic N) is 1. The van der Waals surface area contributed by atoms with Gasteiger partial charge >= 0.3 is 0 Å². The first-order valence-electron chi connectivity index (χ1n) is 8.32. The van der Waals surface area contributed by atoms with Gasteiger partial charge in [0, 0.05) is 5.75 Å². The Hall–Kier alpha value is -2.57. The third kappa shape index (κ3) is 3.52. The van der Waals surface area contributed by atoms with Crippen LogP contribution in [-0.4, -0.2) is 35.9 Å². The topological polar surface area (TPSA) is 66.8 Å². The lowest BCUT2D eigenvalue weighted by Gasteiger charge is -2.15. The summed E-state index contributed by atoms with van der Waals surface area (Å²) in [5.74, 6) is 0.338. The van der Waals surface area contributed by atoms with Gasteiger partial charge in [-0.25, -0.2) is 4.90 Å². The zero-order valence-corrected chi connectivity index (χ0v) is 15.2. The molecule has 1 heterocycles. The predicted molar refractivity (Wildman–Crippen MR) is 103 cm³/mol. The van der Waals surface area contributed by atoms with Crippen molar-refractivity contribution in [2.45, 2.75) is 6.92 Å². The Morgan fingerprint density at radius 2 is 1.69 bits per heavy atom. The van der Waals surface area contributed by atoms with Crippen molar-refractivity contribution < 1.29 is 19.4 Å². The molecule has 1 aliphatic rings. The zero-order valence-electron chi connectivity index (χ0n) is 14.3. The van der Waals surface area contributed by atoms with Crippen LogP contribution in [0.5, 0.6) is 5.75 Å². The first kappa shape index (κ1) is 18.2. The second-order valence-electron chi connectivity index (χ2n) is 5.51. The van der Waals surface area contributed by atoms with Gasteiger partial charge in [-0.05, 0) is 36.8 Å². The molecule has 3 rings (SSSR count). The molecule has 0 spiro atoms. The molecule has 134 valence electrons. The molecule has 0 bridgehead atoms. The van der Waals surface area contributed by atoms with E-state index in [1.54, 1.807) is 48.5 Å². The minimum atomic E-state index is -0.358. The van der Waals surface area contributed by atoms with Gasteiger partial charge in [0.1, 0.15) is 5.75 Å². The van der Waals surface area contributed by atoms with Gasteiger partial charge in [-0.3, -0.25) is 9.59 Å². The average Bonchev–Trinajstić information content (AvgIpc) is 2.91. The Kier molecular flexibility index (Phi) is 5.75. The van der Waals surface area contributed by atoms with Gasteiger partial charge in [-0.2, -0.15) is 0 Å². The lowest BCUT2D eigenvalue weighted by Crippen LogP contribution is -2.31. The number of carbonyl (C=O) groups excluding carboxylic acids is 2. The van der Waals surface area contributed by atoms with Gasteiger partial charge in [-0.15, -0.1) is 11.8 Å². The van der Waals surface area contributed by atoms with Crippen molar-refractivity contribution in [1.82, 2.24) is 0 Å². The Morgan fingerprint density at radius 3 is 2.31 bits per heavy atom. The van der Waals surface area contributed by atoms with E-state index in [2.05, 4.69) is 0 Å². The number of imide groups is 1. The Morgan fingerprint density at radius 1 is 1.00 bits per heavy atom. The highest BCUT2D eigenvalue weighted by Crippen LogP contribution is 2.38. The van der Waals surface area contributed by atoms with Crippen LogP contribution < -0.4 is 9.64 Å². The molecule has 26 heavy (non-hydrogen) atoms. The van der Waals surface area contributed by atoms with Gasteiger partial charge in [0.2, 0.25) is 0 Å². The predicted octanol–water partition coefficient (Wildman–Crippen LogP) is 3.10. The van der Waals surface area contributed by atoms with E-state index >= 15 is 0 Å². The molecular weight excluding hydrogens is 350 g/mol. The maximum atomic E-state index is 13.0. The van der Waals surface area contributed by atoms with E-state index in [-0.39, 0.29) is 18.4 Å². The van der Waals surface area contributed by atoms with Crippen LogP contribution in [0.2, 0.25) is 0 Å². The number of amides is 2. The number of hydrogen-bond acceptors (Lipinski definition) is 5. The van der Waals surface area contributed by atoms with Crippen LogP contribution in [0.25, 0.3) is 5.57 Å². The summed E-state index contributed by atoms with van der Waals surface area (Å²) in [5.41, 5.74) is 1.55. The number of benzene rings is 2. The molecule has 2 aromatic rings. The maximum Gasteiger partial charge on any atom is 0.272 e. The average molecular weight is 369 g/mol. The van der Waals surface area contributed by atoms with Crippen LogP contribution in [0.1, 0.15) is 12.5 Å².